The number of anilines is 1. The molecule has 3 aromatic heterocycles. The van der Waals surface area contributed by atoms with E-state index in [1.807, 2.05) is 30.3 Å². The van der Waals surface area contributed by atoms with E-state index < -0.39 is 11.2 Å². The number of pyridine rings is 1. The van der Waals surface area contributed by atoms with Gasteiger partial charge in [-0.15, -0.1) is 0 Å². The van der Waals surface area contributed by atoms with E-state index in [0.717, 1.165) is 21.0 Å². The van der Waals surface area contributed by atoms with Crippen LogP contribution in [0.15, 0.2) is 51.2 Å². The first-order valence-corrected chi connectivity index (χ1v) is 8.24. The second-order valence-corrected chi connectivity index (χ2v) is 6.16. The Morgan fingerprint density at radius 3 is 2.63 bits per heavy atom. The second kappa shape index (κ2) is 6.20. The molecule has 0 unspecified atom stereocenters. The van der Waals surface area contributed by atoms with Crippen LogP contribution in [0.3, 0.4) is 0 Å². The molecule has 0 aliphatic heterocycles. The van der Waals surface area contributed by atoms with Crippen LogP contribution in [-0.4, -0.2) is 29.9 Å². The average molecular weight is 363 g/mol. The molecule has 1 N–H and O–H groups in total. The SMILES string of the molecule is Cn1c(=O)c2c(nc(NN=Cc3ccnc4ccccc34)n2C)n(C)c1=O. The Labute approximate surface area is 153 Å². The van der Waals surface area contributed by atoms with Crippen LogP contribution < -0.4 is 16.7 Å². The van der Waals surface area contributed by atoms with Crippen molar-refractivity contribution in [3.63, 3.8) is 0 Å². The van der Waals surface area contributed by atoms with Gasteiger partial charge in [-0.25, -0.2) is 10.2 Å². The number of hydrogen-bond donors (Lipinski definition) is 1. The lowest BCUT2D eigenvalue weighted by Gasteiger charge is -2.03. The van der Waals surface area contributed by atoms with Crippen molar-refractivity contribution in [2.75, 3.05) is 5.43 Å². The van der Waals surface area contributed by atoms with E-state index in [4.69, 9.17) is 0 Å². The molecule has 4 rings (SSSR count). The maximum absolute atomic E-state index is 12.4. The van der Waals surface area contributed by atoms with Gasteiger partial charge in [-0.05, 0) is 12.1 Å². The zero-order chi connectivity index (χ0) is 19.1. The van der Waals surface area contributed by atoms with Crippen molar-refractivity contribution < 1.29 is 0 Å². The monoisotopic (exact) mass is 363 g/mol. The minimum absolute atomic E-state index is 0.303. The highest BCUT2D eigenvalue weighted by Crippen LogP contribution is 2.15. The molecular weight excluding hydrogens is 346 g/mol. The fraction of sp³-hybridized carbons (Fsp3) is 0.167. The predicted octanol–water partition coefficient (Wildman–Crippen LogP) is 0.965. The maximum Gasteiger partial charge on any atom is 0.332 e. The van der Waals surface area contributed by atoms with Gasteiger partial charge in [0.25, 0.3) is 5.56 Å². The standard InChI is InChI=1S/C18H17N7O2/c1-23-14-15(24(2)18(27)25(3)16(14)26)21-17(23)22-20-10-11-8-9-19-13-7-5-4-6-12(11)13/h4-10H,1-3H3,(H,21,22). The Bertz CT molecular complexity index is 1320. The summed E-state index contributed by atoms with van der Waals surface area (Å²) in [6, 6.07) is 9.64. The number of aryl methyl sites for hydroxylation is 2. The lowest BCUT2D eigenvalue weighted by molar-refractivity contribution is 0.705. The molecular formula is C18H17N7O2. The van der Waals surface area contributed by atoms with Gasteiger partial charge in [-0.3, -0.25) is 18.9 Å². The smallest absolute Gasteiger partial charge is 0.306 e. The number of rotatable bonds is 3. The molecule has 0 radical (unpaired) electrons. The van der Waals surface area contributed by atoms with Gasteiger partial charge in [-0.1, -0.05) is 18.2 Å². The molecule has 3 heterocycles. The molecule has 0 aliphatic carbocycles. The third kappa shape index (κ3) is 2.60. The minimum Gasteiger partial charge on any atom is -0.306 e. The van der Waals surface area contributed by atoms with Gasteiger partial charge >= 0.3 is 5.69 Å². The van der Waals surface area contributed by atoms with Crippen LogP contribution in [0.5, 0.6) is 0 Å². The van der Waals surface area contributed by atoms with Crippen LogP contribution in [-0.2, 0) is 21.1 Å². The molecule has 0 amide bonds. The van der Waals surface area contributed by atoms with Crippen LogP contribution in [0.2, 0.25) is 0 Å². The van der Waals surface area contributed by atoms with Gasteiger partial charge in [0.15, 0.2) is 11.2 Å². The van der Waals surface area contributed by atoms with Crippen molar-refractivity contribution in [2.24, 2.45) is 26.2 Å². The summed E-state index contributed by atoms with van der Waals surface area (Å²) < 4.78 is 3.97. The van der Waals surface area contributed by atoms with Gasteiger partial charge in [0.2, 0.25) is 5.95 Å². The summed E-state index contributed by atoms with van der Waals surface area (Å²) in [7, 11) is 4.71. The molecule has 0 saturated carbocycles. The predicted molar refractivity (Wildman–Crippen MR) is 104 cm³/mol. The summed E-state index contributed by atoms with van der Waals surface area (Å²) in [5.74, 6) is 0.359. The quantitative estimate of drug-likeness (QED) is 0.432. The summed E-state index contributed by atoms with van der Waals surface area (Å²) in [4.78, 5) is 33.1. The molecule has 4 aromatic rings. The number of imidazole rings is 1. The first-order chi connectivity index (χ1) is 13.0. The van der Waals surface area contributed by atoms with Crippen molar-refractivity contribution in [3.8, 4) is 0 Å². The van der Waals surface area contributed by atoms with E-state index in [9.17, 15) is 9.59 Å². The van der Waals surface area contributed by atoms with Gasteiger partial charge in [-0.2, -0.15) is 10.1 Å². The van der Waals surface area contributed by atoms with Gasteiger partial charge in [0.1, 0.15) is 0 Å². The van der Waals surface area contributed by atoms with Gasteiger partial charge in [0, 0.05) is 38.3 Å². The van der Waals surface area contributed by atoms with E-state index in [2.05, 4.69) is 20.5 Å². The van der Waals surface area contributed by atoms with Crippen LogP contribution >= 0.6 is 0 Å². The van der Waals surface area contributed by atoms with Crippen molar-refractivity contribution in [2.45, 2.75) is 0 Å². The minimum atomic E-state index is -0.427. The molecule has 0 fully saturated rings. The Kier molecular flexibility index (Phi) is 3.84. The summed E-state index contributed by atoms with van der Waals surface area (Å²) in [5, 5.41) is 5.22. The van der Waals surface area contributed by atoms with Gasteiger partial charge in [0.05, 0.1) is 11.7 Å². The lowest BCUT2D eigenvalue weighted by atomic mass is 10.1. The van der Waals surface area contributed by atoms with E-state index in [1.54, 1.807) is 31.1 Å². The number of para-hydroxylation sites is 1. The number of hydrazone groups is 1. The first-order valence-electron chi connectivity index (χ1n) is 8.24. The van der Waals surface area contributed by atoms with Crippen molar-refractivity contribution in [1.82, 2.24) is 23.7 Å². The maximum atomic E-state index is 12.4. The Hall–Kier alpha value is -3.75. The zero-order valence-corrected chi connectivity index (χ0v) is 15.0. The second-order valence-electron chi connectivity index (χ2n) is 6.16. The number of aromatic nitrogens is 5. The third-order valence-corrected chi connectivity index (χ3v) is 4.53. The molecule has 1 aromatic carbocycles. The molecule has 27 heavy (non-hydrogen) atoms. The zero-order valence-electron chi connectivity index (χ0n) is 15.0. The number of benzene rings is 1. The first kappa shape index (κ1) is 16.7. The number of hydrogen-bond acceptors (Lipinski definition) is 6. The Morgan fingerprint density at radius 2 is 1.81 bits per heavy atom. The molecule has 0 bridgehead atoms. The molecule has 136 valence electrons. The molecule has 0 aliphatic rings. The van der Waals surface area contributed by atoms with Crippen LogP contribution in [0, 0.1) is 0 Å². The topological polar surface area (TPSA) is 99.1 Å². The average Bonchev–Trinajstić information content (AvgIpc) is 3.01. The van der Waals surface area contributed by atoms with Crippen molar-refractivity contribution >= 4 is 34.2 Å². The lowest BCUT2D eigenvalue weighted by Crippen LogP contribution is -2.37. The molecule has 9 heteroatoms. The highest BCUT2D eigenvalue weighted by Gasteiger charge is 2.16. The van der Waals surface area contributed by atoms with Gasteiger partial charge < -0.3 is 4.57 Å². The summed E-state index contributed by atoms with van der Waals surface area (Å²) in [5.41, 5.74) is 4.42. The van der Waals surface area contributed by atoms with Crippen molar-refractivity contribution in [3.05, 3.63) is 62.9 Å². The largest absolute Gasteiger partial charge is 0.332 e. The highest BCUT2D eigenvalue weighted by molar-refractivity contribution is 5.98. The van der Waals surface area contributed by atoms with E-state index in [1.165, 1.54) is 11.6 Å². The van der Waals surface area contributed by atoms with E-state index in [-0.39, 0.29) is 0 Å². The summed E-state index contributed by atoms with van der Waals surface area (Å²) in [6.07, 6.45) is 3.39. The normalized spacial score (nSPS) is 11.7. The number of nitrogens with one attached hydrogen (secondary N) is 1. The third-order valence-electron chi connectivity index (χ3n) is 4.53. The molecule has 0 atom stereocenters. The van der Waals surface area contributed by atoms with Crippen LogP contribution in [0.25, 0.3) is 22.1 Å². The molecule has 9 nitrogen and oxygen atoms in total. The molecule has 0 saturated heterocycles. The molecule has 0 spiro atoms. The number of nitrogens with zero attached hydrogens (tertiary/aromatic N) is 6. The fourth-order valence-corrected chi connectivity index (χ4v) is 3.01. The van der Waals surface area contributed by atoms with Crippen LogP contribution in [0.1, 0.15) is 5.56 Å². The fourth-order valence-electron chi connectivity index (χ4n) is 3.01. The van der Waals surface area contributed by atoms with Crippen LogP contribution in [0.4, 0.5) is 5.95 Å². The Morgan fingerprint density at radius 1 is 1.04 bits per heavy atom. The Balaban J connectivity index is 1.74. The number of fused-ring (bicyclic) bond motifs is 2. The van der Waals surface area contributed by atoms with E-state index in [0.29, 0.717) is 17.1 Å². The summed E-state index contributed by atoms with van der Waals surface area (Å²) >= 11 is 0. The van der Waals surface area contributed by atoms with Crippen molar-refractivity contribution in [1.29, 1.82) is 0 Å². The summed E-state index contributed by atoms with van der Waals surface area (Å²) in [6.45, 7) is 0. The van der Waals surface area contributed by atoms with E-state index >= 15 is 0 Å². The highest BCUT2D eigenvalue weighted by atomic mass is 16.2.